The Hall–Kier alpha value is -2.34. The van der Waals surface area contributed by atoms with E-state index in [1.165, 1.54) is 6.26 Å². The molecule has 2 heterocycles. The number of benzene rings is 2. The van der Waals surface area contributed by atoms with Crippen LogP contribution in [0.1, 0.15) is 12.0 Å². The third-order valence-electron chi connectivity index (χ3n) is 4.76. The summed E-state index contributed by atoms with van der Waals surface area (Å²) in [6.07, 6.45) is 2.45. The van der Waals surface area contributed by atoms with Gasteiger partial charge in [-0.3, -0.25) is 9.69 Å². The van der Waals surface area contributed by atoms with E-state index < -0.39 is 0 Å². The lowest BCUT2D eigenvalue weighted by molar-refractivity contribution is 0.0838. The van der Waals surface area contributed by atoms with Gasteiger partial charge in [0.05, 0.1) is 16.5 Å². The predicted molar refractivity (Wildman–Crippen MR) is 105 cm³/mol. The van der Waals surface area contributed by atoms with Crippen LogP contribution in [0, 0.1) is 0 Å². The van der Waals surface area contributed by atoms with Crippen molar-refractivity contribution < 1.29 is 13.9 Å². The molecule has 0 N–H and O–H groups in total. The van der Waals surface area contributed by atoms with Gasteiger partial charge in [0, 0.05) is 31.8 Å². The van der Waals surface area contributed by atoms with E-state index in [-0.39, 0.29) is 5.43 Å². The summed E-state index contributed by atoms with van der Waals surface area (Å²) in [6, 6.07) is 10.8. The number of ether oxygens (including phenoxy) is 2. The van der Waals surface area contributed by atoms with E-state index in [9.17, 15) is 4.79 Å². The maximum atomic E-state index is 13.0. The average molecular weight is 386 g/mol. The van der Waals surface area contributed by atoms with E-state index in [1.807, 2.05) is 18.2 Å². The van der Waals surface area contributed by atoms with Gasteiger partial charge in [-0.05, 0) is 36.2 Å². The maximum absolute atomic E-state index is 13.0. The quantitative estimate of drug-likeness (QED) is 0.613. The van der Waals surface area contributed by atoms with Crippen molar-refractivity contribution in [3.05, 3.63) is 63.5 Å². The van der Waals surface area contributed by atoms with E-state index in [0.717, 1.165) is 29.8 Å². The van der Waals surface area contributed by atoms with Crippen LogP contribution in [0.15, 0.2) is 51.9 Å². The number of halogens is 1. The second-order valence-electron chi connectivity index (χ2n) is 6.58. The topological polar surface area (TPSA) is 51.9 Å². The van der Waals surface area contributed by atoms with Gasteiger partial charge < -0.3 is 13.9 Å². The molecule has 1 aliphatic heterocycles. The molecule has 0 atom stereocenters. The van der Waals surface area contributed by atoms with E-state index in [4.69, 9.17) is 25.5 Å². The molecule has 5 nitrogen and oxygen atoms in total. The highest BCUT2D eigenvalue weighted by Gasteiger charge is 2.22. The molecule has 27 heavy (non-hydrogen) atoms. The molecule has 4 rings (SSSR count). The van der Waals surface area contributed by atoms with Crippen molar-refractivity contribution in [1.82, 2.24) is 4.90 Å². The zero-order valence-electron chi connectivity index (χ0n) is 15.0. The van der Waals surface area contributed by atoms with E-state index >= 15 is 0 Å². The van der Waals surface area contributed by atoms with Crippen LogP contribution in [0.4, 0.5) is 0 Å². The van der Waals surface area contributed by atoms with Crippen LogP contribution in [-0.4, -0.2) is 31.9 Å². The van der Waals surface area contributed by atoms with Gasteiger partial charge in [0.2, 0.25) is 5.43 Å². The fourth-order valence-electron chi connectivity index (χ4n) is 3.36. The predicted octanol–water partition coefficient (Wildman–Crippen LogP) is 4.30. The first-order chi connectivity index (χ1) is 13.2. The van der Waals surface area contributed by atoms with Gasteiger partial charge in [-0.15, -0.1) is 0 Å². The summed E-state index contributed by atoms with van der Waals surface area (Å²) in [6.45, 7) is 2.77. The van der Waals surface area contributed by atoms with Crippen LogP contribution in [0.3, 0.4) is 0 Å². The summed E-state index contributed by atoms with van der Waals surface area (Å²) in [5, 5.41) is 1.19. The SMILES string of the molecule is COCCCN1COc2ccc3c(=O)c(-c4ccc(Cl)cc4)coc3c2C1. The highest BCUT2D eigenvalue weighted by molar-refractivity contribution is 6.30. The van der Waals surface area contributed by atoms with E-state index in [0.29, 0.717) is 41.4 Å². The van der Waals surface area contributed by atoms with Gasteiger partial charge in [-0.2, -0.15) is 0 Å². The van der Waals surface area contributed by atoms with Crippen molar-refractivity contribution in [2.45, 2.75) is 13.0 Å². The lowest BCUT2D eigenvalue weighted by atomic mass is 10.0. The van der Waals surface area contributed by atoms with Crippen LogP contribution < -0.4 is 10.2 Å². The van der Waals surface area contributed by atoms with Crippen LogP contribution in [-0.2, 0) is 11.3 Å². The Kier molecular flexibility index (Phi) is 5.16. The lowest BCUT2D eigenvalue weighted by Crippen LogP contribution is -2.33. The fourth-order valence-corrected chi connectivity index (χ4v) is 3.49. The number of hydrogen-bond acceptors (Lipinski definition) is 5. The molecule has 3 aromatic rings. The van der Waals surface area contributed by atoms with Crippen LogP contribution in [0.5, 0.6) is 5.75 Å². The standard InChI is InChI=1S/C21H20ClNO4/c1-25-10-2-9-23-11-17-19(27-13-23)8-7-16-20(24)18(12-26-21(16)17)14-3-5-15(22)6-4-14/h3-8,12H,2,9-11,13H2,1H3. The summed E-state index contributed by atoms with van der Waals surface area (Å²) in [5.41, 5.74) is 2.75. The van der Waals surface area contributed by atoms with Crippen molar-refractivity contribution >= 4 is 22.6 Å². The Morgan fingerprint density at radius 1 is 1.19 bits per heavy atom. The largest absolute Gasteiger partial charge is 0.478 e. The van der Waals surface area contributed by atoms with E-state index in [2.05, 4.69) is 4.90 Å². The zero-order valence-corrected chi connectivity index (χ0v) is 15.8. The summed E-state index contributed by atoms with van der Waals surface area (Å²) in [4.78, 5) is 15.2. The van der Waals surface area contributed by atoms with Crippen molar-refractivity contribution in [3.8, 4) is 16.9 Å². The molecule has 0 aliphatic carbocycles. The molecular weight excluding hydrogens is 366 g/mol. The summed E-state index contributed by atoms with van der Waals surface area (Å²) >= 11 is 5.94. The summed E-state index contributed by atoms with van der Waals surface area (Å²) < 4.78 is 16.9. The zero-order chi connectivity index (χ0) is 18.8. The molecule has 140 valence electrons. The van der Waals surface area contributed by atoms with Gasteiger partial charge in [0.15, 0.2) is 0 Å². The van der Waals surface area contributed by atoms with Gasteiger partial charge in [0.25, 0.3) is 0 Å². The molecule has 0 fully saturated rings. The first-order valence-corrected chi connectivity index (χ1v) is 9.22. The molecule has 0 bridgehead atoms. The highest BCUT2D eigenvalue weighted by Crippen LogP contribution is 2.32. The molecule has 1 aromatic heterocycles. The Morgan fingerprint density at radius 3 is 2.78 bits per heavy atom. The Morgan fingerprint density at radius 2 is 2.00 bits per heavy atom. The molecular formula is C21H20ClNO4. The smallest absolute Gasteiger partial charge is 0.200 e. The third kappa shape index (κ3) is 3.58. The van der Waals surface area contributed by atoms with Crippen molar-refractivity contribution in [3.63, 3.8) is 0 Å². The molecule has 0 unspecified atom stereocenters. The minimum Gasteiger partial charge on any atom is -0.478 e. The van der Waals surface area contributed by atoms with Gasteiger partial charge in [0.1, 0.15) is 24.3 Å². The Labute approximate surface area is 162 Å². The third-order valence-corrected chi connectivity index (χ3v) is 5.02. The molecule has 2 aromatic carbocycles. The van der Waals surface area contributed by atoms with E-state index in [1.54, 1.807) is 25.3 Å². The van der Waals surface area contributed by atoms with Crippen LogP contribution in [0.2, 0.25) is 5.02 Å². The summed E-state index contributed by atoms with van der Waals surface area (Å²) in [5.74, 6) is 0.771. The van der Waals surface area contributed by atoms with Gasteiger partial charge in [-0.25, -0.2) is 0 Å². The average Bonchev–Trinajstić information content (AvgIpc) is 2.69. The molecule has 0 amide bonds. The number of methoxy groups -OCH3 is 1. The molecule has 0 saturated carbocycles. The normalized spacial score (nSPS) is 14.1. The minimum atomic E-state index is -0.0575. The van der Waals surface area contributed by atoms with Crippen LogP contribution >= 0.6 is 11.6 Å². The second-order valence-corrected chi connectivity index (χ2v) is 7.01. The second kappa shape index (κ2) is 7.72. The molecule has 0 saturated heterocycles. The number of rotatable bonds is 5. The van der Waals surface area contributed by atoms with Crippen molar-refractivity contribution in [2.24, 2.45) is 0 Å². The monoisotopic (exact) mass is 385 g/mol. The first-order valence-electron chi connectivity index (χ1n) is 8.85. The van der Waals surface area contributed by atoms with Crippen molar-refractivity contribution in [1.29, 1.82) is 0 Å². The van der Waals surface area contributed by atoms with Crippen LogP contribution in [0.25, 0.3) is 22.1 Å². The number of fused-ring (bicyclic) bond motifs is 3. The Bertz CT molecular complexity index is 1010. The number of nitrogens with zero attached hydrogens (tertiary/aromatic N) is 1. The lowest BCUT2D eigenvalue weighted by Gasteiger charge is -2.29. The molecule has 0 spiro atoms. The fraction of sp³-hybridized carbons (Fsp3) is 0.286. The highest BCUT2D eigenvalue weighted by atomic mass is 35.5. The molecule has 6 heteroatoms. The molecule has 1 aliphatic rings. The molecule has 0 radical (unpaired) electrons. The minimum absolute atomic E-state index is 0.0575. The van der Waals surface area contributed by atoms with Crippen molar-refractivity contribution in [2.75, 3.05) is 27.0 Å². The summed E-state index contributed by atoms with van der Waals surface area (Å²) in [7, 11) is 1.70. The Balaban J connectivity index is 1.71. The van der Waals surface area contributed by atoms with Gasteiger partial charge >= 0.3 is 0 Å². The first kappa shape index (κ1) is 18.0. The maximum Gasteiger partial charge on any atom is 0.200 e. The number of hydrogen-bond donors (Lipinski definition) is 0. The van der Waals surface area contributed by atoms with Gasteiger partial charge in [-0.1, -0.05) is 23.7 Å².